The summed E-state index contributed by atoms with van der Waals surface area (Å²) < 4.78 is 0. The number of nitrogens with one attached hydrogen (secondary N) is 1. The van der Waals surface area contributed by atoms with Crippen molar-refractivity contribution in [1.82, 2.24) is 10.3 Å². The molecular weight excluding hydrogens is 244 g/mol. The quantitative estimate of drug-likeness (QED) is 0.596. The van der Waals surface area contributed by atoms with E-state index in [-0.39, 0.29) is 0 Å². The maximum absolute atomic E-state index is 9.79. The van der Waals surface area contributed by atoms with Gasteiger partial charge in [0.25, 0.3) is 0 Å². The number of unbranched alkanes of at least 4 members (excludes halogenated alkanes) is 1. The van der Waals surface area contributed by atoms with E-state index in [1.807, 2.05) is 6.07 Å². The van der Waals surface area contributed by atoms with Gasteiger partial charge in [0.1, 0.15) is 6.23 Å². The SMILES string of the molecule is OC(NCCCCc1ccccc1)c1cncs1. The minimum atomic E-state index is -0.575. The first-order chi connectivity index (χ1) is 8.86. The molecule has 0 amide bonds. The van der Waals surface area contributed by atoms with Crippen molar-refractivity contribution in [2.75, 3.05) is 6.54 Å². The number of aromatic nitrogens is 1. The van der Waals surface area contributed by atoms with Crippen molar-refractivity contribution < 1.29 is 5.11 Å². The summed E-state index contributed by atoms with van der Waals surface area (Å²) in [5.41, 5.74) is 3.11. The van der Waals surface area contributed by atoms with Crippen LogP contribution < -0.4 is 5.32 Å². The maximum Gasteiger partial charge on any atom is 0.141 e. The molecule has 96 valence electrons. The Balaban J connectivity index is 1.59. The second-order valence-corrected chi connectivity index (χ2v) is 5.12. The molecule has 2 rings (SSSR count). The number of aryl methyl sites for hydroxylation is 1. The molecule has 2 aromatic rings. The first-order valence-electron chi connectivity index (χ1n) is 6.20. The standard InChI is InChI=1S/C14H18N2OS/c17-14(13-10-15-11-18-13)16-9-5-4-8-12-6-2-1-3-7-12/h1-3,6-7,10-11,14,16-17H,4-5,8-9H2. The highest BCUT2D eigenvalue weighted by atomic mass is 32.1. The summed E-state index contributed by atoms with van der Waals surface area (Å²) in [6.45, 7) is 0.825. The molecule has 1 unspecified atom stereocenters. The zero-order valence-corrected chi connectivity index (χ0v) is 11.1. The maximum atomic E-state index is 9.79. The van der Waals surface area contributed by atoms with Crippen LogP contribution in [0.4, 0.5) is 0 Å². The number of aliphatic hydroxyl groups excluding tert-OH is 1. The largest absolute Gasteiger partial charge is 0.373 e. The normalized spacial score (nSPS) is 12.5. The number of thiazole rings is 1. The van der Waals surface area contributed by atoms with E-state index < -0.39 is 6.23 Å². The molecule has 0 radical (unpaired) electrons. The summed E-state index contributed by atoms with van der Waals surface area (Å²) in [6.07, 6.45) is 4.41. The van der Waals surface area contributed by atoms with Gasteiger partial charge in [0.15, 0.2) is 0 Å². The monoisotopic (exact) mass is 262 g/mol. The van der Waals surface area contributed by atoms with E-state index in [9.17, 15) is 5.11 Å². The summed E-state index contributed by atoms with van der Waals surface area (Å²) >= 11 is 1.47. The Bertz CT molecular complexity index is 430. The molecule has 1 atom stereocenters. The van der Waals surface area contributed by atoms with Gasteiger partial charge in [-0.25, -0.2) is 0 Å². The summed E-state index contributed by atoms with van der Waals surface area (Å²) in [5, 5.41) is 12.9. The Labute approximate surface area is 112 Å². The Morgan fingerprint density at radius 3 is 2.78 bits per heavy atom. The number of benzene rings is 1. The fourth-order valence-electron chi connectivity index (χ4n) is 1.80. The minimum Gasteiger partial charge on any atom is -0.373 e. The molecule has 0 bridgehead atoms. The van der Waals surface area contributed by atoms with Gasteiger partial charge in [0, 0.05) is 6.20 Å². The first-order valence-corrected chi connectivity index (χ1v) is 7.08. The van der Waals surface area contributed by atoms with Crippen LogP contribution >= 0.6 is 11.3 Å². The molecule has 0 fully saturated rings. The number of aliphatic hydroxyl groups is 1. The van der Waals surface area contributed by atoms with Gasteiger partial charge in [0.2, 0.25) is 0 Å². The molecule has 0 aliphatic heterocycles. The molecule has 0 saturated heterocycles. The first kappa shape index (κ1) is 13.2. The predicted octanol–water partition coefficient (Wildman–Crippen LogP) is 2.75. The van der Waals surface area contributed by atoms with Crippen LogP contribution in [0.1, 0.15) is 29.5 Å². The molecule has 0 saturated carbocycles. The molecule has 0 aliphatic carbocycles. The number of rotatable bonds is 7. The third-order valence-corrected chi connectivity index (χ3v) is 3.62. The van der Waals surface area contributed by atoms with Crippen LogP contribution in [-0.4, -0.2) is 16.6 Å². The highest BCUT2D eigenvalue weighted by molar-refractivity contribution is 7.09. The topological polar surface area (TPSA) is 45.1 Å². The summed E-state index contributed by atoms with van der Waals surface area (Å²) in [7, 11) is 0. The highest BCUT2D eigenvalue weighted by Gasteiger charge is 2.06. The Morgan fingerprint density at radius 2 is 2.06 bits per heavy atom. The van der Waals surface area contributed by atoms with Crippen LogP contribution in [-0.2, 0) is 6.42 Å². The molecular formula is C14H18N2OS. The zero-order chi connectivity index (χ0) is 12.6. The van der Waals surface area contributed by atoms with Crippen molar-refractivity contribution >= 4 is 11.3 Å². The summed E-state index contributed by atoms with van der Waals surface area (Å²) in [5.74, 6) is 0. The lowest BCUT2D eigenvalue weighted by molar-refractivity contribution is 0.142. The third-order valence-electron chi connectivity index (χ3n) is 2.79. The van der Waals surface area contributed by atoms with Crippen LogP contribution in [0.25, 0.3) is 0 Å². The van der Waals surface area contributed by atoms with Gasteiger partial charge in [-0.3, -0.25) is 10.3 Å². The lowest BCUT2D eigenvalue weighted by atomic mass is 10.1. The van der Waals surface area contributed by atoms with E-state index in [2.05, 4.69) is 34.6 Å². The predicted molar refractivity (Wildman–Crippen MR) is 74.5 cm³/mol. The summed E-state index contributed by atoms with van der Waals surface area (Å²) in [4.78, 5) is 4.82. The molecule has 4 heteroatoms. The van der Waals surface area contributed by atoms with Crippen molar-refractivity contribution in [2.45, 2.75) is 25.5 Å². The van der Waals surface area contributed by atoms with Crippen LogP contribution in [0.2, 0.25) is 0 Å². The Morgan fingerprint density at radius 1 is 1.22 bits per heavy atom. The second kappa shape index (κ2) is 7.26. The average molecular weight is 262 g/mol. The number of hydrogen-bond donors (Lipinski definition) is 2. The third kappa shape index (κ3) is 4.22. The molecule has 18 heavy (non-hydrogen) atoms. The van der Waals surface area contributed by atoms with Crippen molar-refractivity contribution in [3.63, 3.8) is 0 Å². The summed E-state index contributed by atoms with van der Waals surface area (Å²) in [6, 6.07) is 10.5. The van der Waals surface area contributed by atoms with Crippen LogP contribution in [0, 0.1) is 0 Å². The van der Waals surface area contributed by atoms with Crippen molar-refractivity contribution in [2.24, 2.45) is 0 Å². The fourth-order valence-corrected chi connectivity index (χ4v) is 2.38. The van der Waals surface area contributed by atoms with Crippen molar-refractivity contribution in [3.8, 4) is 0 Å². The second-order valence-electron chi connectivity index (χ2n) is 4.20. The van der Waals surface area contributed by atoms with E-state index in [0.717, 1.165) is 30.7 Å². The van der Waals surface area contributed by atoms with E-state index in [4.69, 9.17) is 0 Å². The lowest BCUT2D eigenvalue weighted by Crippen LogP contribution is -2.21. The molecule has 1 aromatic carbocycles. The van der Waals surface area contributed by atoms with Crippen molar-refractivity contribution in [1.29, 1.82) is 0 Å². The van der Waals surface area contributed by atoms with E-state index in [1.165, 1.54) is 16.9 Å². The molecule has 3 nitrogen and oxygen atoms in total. The number of hydrogen-bond acceptors (Lipinski definition) is 4. The van der Waals surface area contributed by atoms with Gasteiger partial charge in [-0.05, 0) is 31.4 Å². The van der Waals surface area contributed by atoms with Gasteiger partial charge >= 0.3 is 0 Å². The molecule has 1 heterocycles. The lowest BCUT2D eigenvalue weighted by Gasteiger charge is -2.10. The molecule has 2 N–H and O–H groups in total. The zero-order valence-electron chi connectivity index (χ0n) is 10.2. The molecule has 0 spiro atoms. The number of nitrogens with zero attached hydrogens (tertiary/aromatic N) is 1. The smallest absolute Gasteiger partial charge is 0.141 e. The van der Waals surface area contributed by atoms with Gasteiger partial charge in [-0.2, -0.15) is 0 Å². The molecule has 1 aromatic heterocycles. The van der Waals surface area contributed by atoms with Gasteiger partial charge in [0.05, 0.1) is 10.4 Å². The fraction of sp³-hybridized carbons (Fsp3) is 0.357. The van der Waals surface area contributed by atoms with Gasteiger partial charge in [-0.15, -0.1) is 11.3 Å². The van der Waals surface area contributed by atoms with E-state index in [1.54, 1.807) is 11.7 Å². The average Bonchev–Trinajstić information content (AvgIpc) is 2.93. The van der Waals surface area contributed by atoms with E-state index in [0.29, 0.717) is 0 Å². The van der Waals surface area contributed by atoms with Gasteiger partial charge in [-0.1, -0.05) is 30.3 Å². The Hall–Kier alpha value is -1.23. The molecule has 0 aliphatic rings. The van der Waals surface area contributed by atoms with Crippen LogP contribution in [0.15, 0.2) is 42.0 Å². The van der Waals surface area contributed by atoms with Gasteiger partial charge < -0.3 is 5.11 Å². The Kier molecular flexibility index (Phi) is 5.33. The highest BCUT2D eigenvalue weighted by Crippen LogP contribution is 2.14. The van der Waals surface area contributed by atoms with Crippen LogP contribution in [0.5, 0.6) is 0 Å². The minimum absolute atomic E-state index is 0.575. The van der Waals surface area contributed by atoms with Crippen molar-refractivity contribution in [3.05, 3.63) is 52.5 Å². The van der Waals surface area contributed by atoms with Crippen LogP contribution in [0.3, 0.4) is 0 Å². The van der Waals surface area contributed by atoms with E-state index >= 15 is 0 Å².